The lowest BCUT2D eigenvalue weighted by Gasteiger charge is -2.06. The first-order valence-corrected chi connectivity index (χ1v) is 5.76. The van der Waals surface area contributed by atoms with Crippen LogP contribution in [0.1, 0.15) is 16.1 Å². The molecule has 0 aromatic carbocycles. The SMILES string of the molecule is Cc1ccncc1NC(=O)c1ccn2nccc2n1. The van der Waals surface area contributed by atoms with Crippen LogP contribution in [-0.4, -0.2) is 25.5 Å². The van der Waals surface area contributed by atoms with Gasteiger partial charge in [-0.15, -0.1) is 0 Å². The molecule has 0 aliphatic carbocycles. The van der Waals surface area contributed by atoms with Crippen molar-refractivity contribution in [2.45, 2.75) is 6.92 Å². The number of nitrogens with one attached hydrogen (secondary N) is 1. The first-order chi connectivity index (χ1) is 9.24. The largest absolute Gasteiger partial charge is 0.319 e. The Labute approximate surface area is 109 Å². The summed E-state index contributed by atoms with van der Waals surface area (Å²) in [5.41, 5.74) is 2.61. The number of anilines is 1. The highest BCUT2D eigenvalue weighted by Crippen LogP contribution is 2.12. The summed E-state index contributed by atoms with van der Waals surface area (Å²) >= 11 is 0. The van der Waals surface area contributed by atoms with Gasteiger partial charge in [0.05, 0.1) is 18.1 Å². The molecular formula is C13H11N5O. The molecule has 3 aromatic rings. The summed E-state index contributed by atoms with van der Waals surface area (Å²) in [6, 6.07) is 5.20. The van der Waals surface area contributed by atoms with Gasteiger partial charge in [-0.2, -0.15) is 5.10 Å². The fraction of sp³-hybridized carbons (Fsp3) is 0.0769. The van der Waals surface area contributed by atoms with Crippen molar-refractivity contribution in [3.8, 4) is 0 Å². The predicted molar refractivity (Wildman–Crippen MR) is 69.9 cm³/mol. The van der Waals surface area contributed by atoms with E-state index < -0.39 is 0 Å². The third-order valence-corrected chi connectivity index (χ3v) is 2.78. The number of carbonyl (C=O) groups excluding carboxylic acids is 1. The van der Waals surface area contributed by atoms with E-state index in [-0.39, 0.29) is 5.91 Å². The van der Waals surface area contributed by atoms with Crippen LogP contribution < -0.4 is 5.32 Å². The summed E-state index contributed by atoms with van der Waals surface area (Å²) in [6.07, 6.45) is 6.63. The second-order valence-electron chi connectivity index (χ2n) is 4.09. The van der Waals surface area contributed by atoms with Crippen molar-refractivity contribution in [3.05, 3.63) is 54.2 Å². The van der Waals surface area contributed by atoms with Crippen molar-refractivity contribution < 1.29 is 4.79 Å². The summed E-state index contributed by atoms with van der Waals surface area (Å²) < 4.78 is 1.60. The molecule has 1 N–H and O–H groups in total. The number of fused-ring (bicyclic) bond motifs is 1. The van der Waals surface area contributed by atoms with E-state index in [1.807, 2.05) is 13.0 Å². The normalized spacial score (nSPS) is 10.6. The maximum Gasteiger partial charge on any atom is 0.274 e. The van der Waals surface area contributed by atoms with Crippen molar-refractivity contribution in [3.63, 3.8) is 0 Å². The molecule has 0 aliphatic heterocycles. The van der Waals surface area contributed by atoms with Gasteiger partial charge in [-0.05, 0) is 24.6 Å². The fourth-order valence-corrected chi connectivity index (χ4v) is 1.72. The van der Waals surface area contributed by atoms with Crippen LogP contribution in [0.2, 0.25) is 0 Å². The smallest absolute Gasteiger partial charge is 0.274 e. The Balaban J connectivity index is 1.89. The number of rotatable bonds is 2. The van der Waals surface area contributed by atoms with Crippen LogP contribution >= 0.6 is 0 Å². The molecule has 0 atom stereocenters. The average Bonchev–Trinajstić information content (AvgIpc) is 2.88. The molecule has 0 spiro atoms. The molecule has 6 nitrogen and oxygen atoms in total. The topological polar surface area (TPSA) is 72.2 Å². The van der Waals surface area contributed by atoms with Crippen LogP contribution in [0.3, 0.4) is 0 Å². The van der Waals surface area contributed by atoms with E-state index in [9.17, 15) is 4.79 Å². The lowest BCUT2D eigenvalue weighted by molar-refractivity contribution is 0.102. The van der Waals surface area contributed by atoms with E-state index in [0.717, 1.165) is 5.56 Å². The molecule has 0 fully saturated rings. The van der Waals surface area contributed by atoms with Crippen LogP contribution in [0.15, 0.2) is 43.0 Å². The summed E-state index contributed by atoms with van der Waals surface area (Å²) in [5.74, 6) is -0.264. The van der Waals surface area contributed by atoms with Crippen LogP contribution in [0, 0.1) is 6.92 Å². The minimum Gasteiger partial charge on any atom is -0.319 e. The number of carbonyl (C=O) groups is 1. The fourth-order valence-electron chi connectivity index (χ4n) is 1.72. The Morgan fingerprint density at radius 1 is 1.26 bits per heavy atom. The predicted octanol–water partition coefficient (Wildman–Crippen LogP) is 1.69. The van der Waals surface area contributed by atoms with Crippen molar-refractivity contribution in [2.75, 3.05) is 5.32 Å². The van der Waals surface area contributed by atoms with Gasteiger partial charge in [0.15, 0.2) is 5.65 Å². The summed E-state index contributed by atoms with van der Waals surface area (Å²) in [6.45, 7) is 1.91. The Morgan fingerprint density at radius 3 is 3.00 bits per heavy atom. The quantitative estimate of drug-likeness (QED) is 0.754. The van der Waals surface area contributed by atoms with Crippen molar-refractivity contribution in [2.24, 2.45) is 0 Å². The van der Waals surface area contributed by atoms with Gasteiger partial charge in [-0.25, -0.2) is 9.50 Å². The van der Waals surface area contributed by atoms with Crippen molar-refractivity contribution in [1.82, 2.24) is 19.6 Å². The third-order valence-electron chi connectivity index (χ3n) is 2.78. The van der Waals surface area contributed by atoms with E-state index in [0.29, 0.717) is 17.0 Å². The zero-order valence-corrected chi connectivity index (χ0v) is 10.2. The molecule has 6 heteroatoms. The number of nitrogens with zero attached hydrogens (tertiary/aromatic N) is 4. The van der Waals surface area contributed by atoms with Gasteiger partial charge < -0.3 is 5.32 Å². The van der Waals surface area contributed by atoms with Gasteiger partial charge in [-0.3, -0.25) is 9.78 Å². The molecule has 0 saturated carbocycles. The minimum absolute atomic E-state index is 0.264. The molecule has 94 valence electrons. The van der Waals surface area contributed by atoms with E-state index >= 15 is 0 Å². The first-order valence-electron chi connectivity index (χ1n) is 5.76. The molecule has 3 aromatic heterocycles. The van der Waals surface area contributed by atoms with Crippen LogP contribution in [0.4, 0.5) is 5.69 Å². The first kappa shape index (κ1) is 11.3. The zero-order valence-electron chi connectivity index (χ0n) is 10.2. The molecule has 3 rings (SSSR count). The molecule has 3 heterocycles. The highest BCUT2D eigenvalue weighted by atomic mass is 16.1. The van der Waals surface area contributed by atoms with E-state index in [2.05, 4.69) is 20.4 Å². The Morgan fingerprint density at radius 2 is 2.16 bits per heavy atom. The van der Waals surface area contributed by atoms with Crippen molar-refractivity contribution in [1.29, 1.82) is 0 Å². The summed E-state index contributed by atoms with van der Waals surface area (Å²) in [5, 5.41) is 6.82. The van der Waals surface area contributed by atoms with Crippen LogP contribution in [-0.2, 0) is 0 Å². The number of hydrogen-bond donors (Lipinski definition) is 1. The lowest BCUT2D eigenvalue weighted by atomic mass is 10.2. The molecule has 0 aliphatic rings. The number of pyridine rings is 1. The van der Waals surface area contributed by atoms with Gasteiger partial charge in [0.1, 0.15) is 5.69 Å². The van der Waals surface area contributed by atoms with E-state index in [1.54, 1.807) is 41.4 Å². The standard InChI is InChI=1S/C13H11N5O/c1-9-2-5-14-8-11(9)17-13(19)10-4-7-18-12(16-10)3-6-15-18/h2-8H,1H3,(H,17,19). The number of amides is 1. The molecular weight excluding hydrogens is 242 g/mol. The number of aryl methyl sites for hydroxylation is 1. The monoisotopic (exact) mass is 253 g/mol. The van der Waals surface area contributed by atoms with Crippen LogP contribution in [0.25, 0.3) is 5.65 Å². The summed E-state index contributed by atoms with van der Waals surface area (Å²) in [7, 11) is 0. The molecule has 0 unspecified atom stereocenters. The van der Waals surface area contributed by atoms with Gasteiger partial charge >= 0.3 is 0 Å². The molecule has 0 radical (unpaired) electrons. The Kier molecular flexibility index (Phi) is 2.68. The lowest BCUT2D eigenvalue weighted by Crippen LogP contribution is -2.15. The molecule has 0 saturated heterocycles. The second kappa shape index (κ2) is 4.49. The van der Waals surface area contributed by atoms with Gasteiger partial charge in [0.2, 0.25) is 0 Å². The number of aromatic nitrogens is 4. The van der Waals surface area contributed by atoms with Gasteiger partial charge in [0, 0.05) is 18.5 Å². The molecule has 0 bridgehead atoms. The maximum absolute atomic E-state index is 12.1. The third kappa shape index (κ3) is 2.15. The summed E-state index contributed by atoms with van der Waals surface area (Å²) in [4.78, 5) is 20.3. The highest BCUT2D eigenvalue weighted by Gasteiger charge is 2.10. The van der Waals surface area contributed by atoms with E-state index in [4.69, 9.17) is 0 Å². The van der Waals surface area contributed by atoms with Crippen molar-refractivity contribution >= 4 is 17.2 Å². The zero-order chi connectivity index (χ0) is 13.2. The minimum atomic E-state index is -0.264. The highest BCUT2D eigenvalue weighted by molar-refractivity contribution is 6.03. The molecule has 1 amide bonds. The Hall–Kier alpha value is -2.76. The average molecular weight is 253 g/mol. The Bertz CT molecular complexity index is 749. The molecule has 19 heavy (non-hydrogen) atoms. The van der Waals surface area contributed by atoms with Gasteiger partial charge in [-0.1, -0.05) is 0 Å². The van der Waals surface area contributed by atoms with E-state index in [1.165, 1.54) is 0 Å². The maximum atomic E-state index is 12.1. The van der Waals surface area contributed by atoms with Gasteiger partial charge in [0.25, 0.3) is 5.91 Å². The van der Waals surface area contributed by atoms with Crippen LogP contribution in [0.5, 0.6) is 0 Å². The number of hydrogen-bond acceptors (Lipinski definition) is 4. The second-order valence-corrected chi connectivity index (χ2v) is 4.09.